The van der Waals surface area contributed by atoms with Crippen LogP contribution in [0.15, 0.2) is 48.8 Å². The minimum Gasteiger partial charge on any atom is -0.341 e. The molecule has 2 heterocycles. The molecule has 0 aliphatic rings. The molecule has 0 bridgehead atoms. The normalized spacial score (nSPS) is 10.9. The first-order valence-electron chi connectivity index (χ1n) is 8.27. The van der Waals surface area contributed by atoms with E-state index in [1.54, 1.807) is 12.4 Å². The third-order valence-corrected chi connectivity index (χ3v) is 4.29. The van der Waals surface area contributed by atoms with Gasteiger partial charge in [-0.2, -0.15) is 0 Å². The zero-order valence-corrected chi connectivity index (χ0v) is 14.1. The highest BCUT2D eigenvalue weighted by atomic mass is 16.2. The molecular formula is C19H22N4O. The zero-order chi connectivity index (χ0) is 16.9. The molecule has 24 heavy (non-hydrogen) atoms. The van der Waals surface area contributed by atoms with Crippen LogP contribution in [0.25, 0.3) is 11.0 Å². The Balaban J connectivity index is 1.71. The van der Waals surface area contributed by atoms with E-state index in [1.165, 1.54) is 5.56 Å². The lowest BCUT2D eigenvalue weighted by Gasteiger charge is -2.21. The first-order chi connectivity index (χ1) is 11.7. The molecule has 0 N–H and O–H groups in total. The third kappa shape index (κ3) is 3.45. The molecule has 1 aromatic carbocycles. The number of nitrogens with zero attached hydrogens (tertiary/aromatic N) is 4. The molecule has 3 aromatic rings. The number of pyridine rings is 1. The fourth-order valence-electron chi connectivity index (χ4n) is 2.90. The zero-order valence-electron chi connectivity index (χ0n) is 14.1. The first kappa shape index (κ1) is 16.2. The van der Waals surface area contributed by atoms with Gasteiger partial charge in [0.25, 0.3) is 0 Å². The molecule has 0 saturated heterocycles. The molecule has 1 amide bonds. The summed E-state index contributed by atoms with van der Waals surface area (Å²) in [5.41, 5.74) is 3.14. The maximum atomic E-state index is 12.7. The van der Waals surface area contributed by atoms with Crippen molar-refractivity contribution in [2.75, 3.05) is 13.1 Å². The van der Waals surface area contributed by atoms with Gasteiger partial charge in [-0.05, 0) is 50.1 Å². The van der Waals surface area contributed by atoms with Gasteiger partial charge >= 0.3 is 0 Å². The van der Waals surface area contributed by atoms with Gasteiger partial charge in [0.2, 0.25) is 5.91 Å². The number of benzene rings is 1. The Morgan fingerprint density at radius 1 is 1.17 bits per heavy atom. The van der Waals surface area contributed by atoms with E-state index in [9.17, 15) is 4.79 Å². The minimum absolute atomic E-state index is 0.123. The summed E-state index contributed by atoms with van der Waals surface area (Å²) >= 11 is 0. The Morgan fingerprint density at radius 2 is 1.92 bits per heavy atom. The quantitative estimate of drug-likeness (QED) is 0.701. The van der Waals surface area contributed by atoms with Crippen LogP contribution in [0.1, 0.15) is 18.3 Å². The maximum absolute atomic E-state index is 12.7. The fourth-order valence-corrected chi connectivity index (χ4v) is 2.90. The lowest BCUT2D eigenvalue weighted by Crippen LogP contribution is -2.35. The first-order valence-corrected chi connectivity index (χ1v) is 8.27. The van der Waals surface area contributed by atoms with E-state index in [-0.39, 0.29) is 5.91 Å². The molecule has 0 spiro atoms. The monoisotopic (exact) mass is 322 g/mol. The van der Waals surface area contributed by atoms with Crippen LogP contribution in [-0.2, 0) is 17.8 Å². The van der Waals surface area contributed by atoms with Crippen LogP contribution in [0.2, 0.25) is 0 Å². The van der Waals surface area contributed by atoms with Crippen molar-refractivity contribution in [3.63, 3.8) is 0 Å². The molecule has 5 nitrogen and oxygen atoms in total. The van der Waals surface area contributed by atoms with Crippen LogP contribution < -0.4 is 0 Å². The Bertz CT molecular complexity index is 826. The summed E-state index contributed by atoms with van der Waals surface area (Å²) in [6, 6.07) is 11.9. The summed E-state index contributed by atoms with van der Waals surface area (Å²) in [7, 11) is 0. The smallest absolute Gasteiger partial charge is 0.242 e. The van der Waals surface area contributed by atoms with Gasteiger partial charge in [0.15, 0.2) is 0 Å². The molecule has 0 aliphatic carbocycles. The van der Waals surface area contributed by atoms with E-state index < -0.39 is 0 Å². The van der Waals surface area contributed by atoms with Gasteiger partial charge in [-0.1, -0.05) is 12.1 Å². The lowest BCUT2D eigenvalue weighted by molar-refractivity contribution is -0.131. The summed E-state index contributed by atoms with van der Waals surface area (Å²) in [6.45, 7) is 5.71. The number of hydrogen-bond donors (Lipinski definition) is 0. The molecule has 2 aromatic heterocycles. The number of rotatable bonds is 6. The van der Waals surface area contributed by atoms with Gasteiger partial charge in [-0.15, -0.1) is 0 Å². The average molecular weight is 322 g/mol. The Kier molecular flexibility index (Phi) is 4.89. The number of fused-ring (bicyclic) bond motifs is 1. The largest absolute Gasteiger partial charge is 0.341 e. The van der Waals surface area contributed by atoms with Crippen LogP contribution in [0.3, 0.4) is 0 Å². The minimum atomic E-state index is 0.123. The molecule has 0 fully saturated rings. The van der Waals surface area contributed by atoms with Crippen molar-refractivity contribution in [1.29, 1.82) is 0 Å². The highest BCUT2D eigenvalue weighted by molar-refractivity contribution is 5.81. The number of imidazole rings is 1. The standard InChI is InChI=1S/C19H22N4O/c1-3-22(13-10-16-8-11-20-12-9-16)19(24)14-23-15(2)21-17-6-4-5-7-18(17)23/h4-9,11-12H,3,10,13-14H2,1-2H3. The van der Waals surface area contributed by atoms with Crippen LogP contribution in [0.5, 0.6) is 0 Å². The van der Waals surface area contributed by atoms with Crippen LogP contribution in [0.4, 0.5) is 0 Å². The summed E-state index contributed by atoms with van der Waals surface area (Å²) in [5, 5.41) is 0. The second-order valence-electron chi connectivity index (χ2n) is 5.81. The highest BCUT2D eigenvalue weighted by Crippen LogP contribution is 2.15. The van der Waals surface area contributed by atoms with Crippen molar-refractivity contribution in [3.05, 3.63) is 60.2 Å². The van der Waals surface area contributed by atoms with Crippen LogP contribution in [-0.4, -0.2) is 38.4 Å². The second kappa shape index (κ2) is 7.25. The second-order valence-corrected chi connectivity index (χ2v) is 5.81. The van der Waals surface area contributed by atoms with E-state index in [2.05, 4.69) is 9.97 Å². The summed E-state index contributed by atoms with van der Waals surface area (Å²) < 4.78 is 1.99. The van der Waals surface area contributed by atoms with Gasteiger partial charge in [0.05, 0.1) is 11.0 Å². The molecule has 0 saturated carbocycles. The van der Waals surface area contributed by atoms with Crippen LogP contribution >= 0.6 is 0 Å². The number of aryl methyl sites for hydroxylation is 1. The third-order valence-electron chi connectivity index (χ3n) is 4.29. The number of aromatic nitrogens is 3. The van der Waals surface area contributed by atoms with Crippen molar-refractivity contribution in [2.45, 2.75) is 26.8 Å². The van der Waals surface area contributed by atoms with Gasteiger partial charge in [0.1, 0.15) is 12.4 Å². The van der Waals surface area contributed by atoms with E-state index >= 15 is 0 Å². The molecule has 0 unspecified atom stereocenters. The molecule has 3 rings (SSSR count). The number of likely N-dealkylation sites (N-methyl/N-ethyl adjacent to an activating group) is 1. The fraction of sp³-hybridized carbons (Fsp3) is 0.316. The van der Waals surface area contributed by atoms with E-state index in [0.717, 1.165) is 23.3 Å². The Morgan fingerprint density at radius 3 is 2.67 bits per heavy atom. The maximum Gasteiger partial charge on any atom is 0.242 e. The van der Waals surface area contributed by atoms with Crippen molar-refractivity contribution in [2.24, 2.45) is 0 Å². The molecule has 0 aliphatic heterocycles. The Hall–Kier alpha value is -2.69. The number of amides is 1. The van der Waals surface area contributed by atoms with Crippen molar-refractivity contribution >= 4 is 16.9 Å². The number of para-hydroxylation sites is 2. The van der Waals surface area contributed by atoms with Crippen LogP contribution in [0, 0.1) is 6.92 Å². The molecule has 5 heteroatoms. The van der Waals surface area contributed by atoms with Gasteiger partial charge in [-0.25, -0.2) is 4.98 Å². The van der Waals surface area contributed by atoms with E-state index in [0.29, 0.717) is 19.6 Å². The SMILES string of the molecule is CCN(CCc1ccncc1)C(=O)Cn1c(C)nc2ccccc21. The summed E-state index contributed by atoms with van der Waals surface area (Å²) in [5.74, 6) is 0.993. The summed E-state index contributed by atoms with van der Waals surface area (Å²) in [4.78, 5) is 23.2. The van der Waals surface area contributed by atoms with Gasteiger partial charge < -0.3 is 9.47 Å². The molecule has 124 valence electrons. The molecular weight excluding hydrogens is 300 g/mol. The van der Waals surface area contributed by atoms with Gasteiger partial charge in [-0.3, -0.25) is 9.78 Å². The number of carbonyl (C=O) groups is 1. The van der Waals surface area contributed by atoms with E-state index in [1.807, 2.05) is 59.7 Å². The lowest BCUT2D eigenvalue weighted by atomic mass is 10.2. The molecule has 0 radical (unpaired) electrons. The predicted molar refractivity (Wildman–Crippen MR) is 94.7 cm³/mol. The predicted octanol–water partition coefficient (Wildman–Crippen LogP) is 2.83. The van der Waals surface area contributed by atoms with Gasteiger partial charge in [0, 0.05) is 25.5 Å². The summed E-state index contributed by atoms with van der Waals surface area (Å²) in [6.07, 6.45) is 4.41. The Labute approximate surface area is 142 Å². The van der Waals surface area contributed by atoms with Crippen molar-refractivity contribution in [1.82, 2.24) is 19.4 Å². The highest BCUT2D eigenvalue weighted by Gasteiger charge is 2.15. The number of hydrogen-bond acceptors (Lipinski definition) is 3. The topological polar surface area (TPSA) is 51.0 Å². The van der Waals surface area contributed by atoms with E-state index in [4.69, 9.17) is 0 Å². The average Bonchev–Trinajstić information content (AvgIpc) is 2.92. The molecule has 0 atom stereocenters. The van der Waals surface area contributed by atoms with Crippen molar-refractivity contribution in [3.8, 4) is 0 Å². The number of carbonyl (C=O) groups excluding carboxylic acids is 1. The van der Waals surface area contributed by atoms with Crippen molar-refractivity contribution < 1.29 is 4.79 Å².